The maximum atomic E-state index is 13.5. The van der Waals surface area contributed by atoms with Crippen LogP contribution in [0.2, 0.25) is 0 Å². The van der Waals surface area contributed by atoms with Gasteiger partial charge in [0, 0.05) is 43.3 Å². The Bertz CT molecular complexity index is 1630. The van der Waals surface area contributed by atoms with Gasteiger partial charge in [0.1, 0.15) is 28.9 Å². The number of ether oxygens (including phenoxy) is 2. The number of nitrogens with zero attached hydrogens (tertiary/aromatic N) is 5. The molecule has 1 aliphatic rings. The quantitative estimate of drug-likeness (QED) is 0.411. The number of aromatic amines is 1. The van der Waals surface area contributed by atoms with E-state index in [0.29, 0.717) is 42.6 Å². The molecule has 0 bridgehead atoms. The number of hydrogen-bond donors (Lipinski definition) is 2. The van der Waals surface area contributed by atoms with Crippen LogP contribution in [0, 0.1) is 25.2 Å². The van der Waals surface area contributed by atoms with Crippen molar-refractivity contribution in [1.82, 2.24) is 24.9 Å². The summed E-state index contributed by atoms with van der Waals surface area (Å²) in [5.41, 5.74) is 0.595. The van der Waals surface area contributed by atoms with E-state index in [1.165, 1.54) is 11.6 Å². The lowest BCUT2D eigenvalue weighted by molar-refractivity contribution is 0.0843. The van der Waals surface area contributed by atoms with Crippen LogP contribution in [-0.4, -0.2) is 73.1 Å². The highest BCUT2D eigenvalue weighted by Crippen LogP contribution is 2.31. The molecular weight excluding hydrogens is 526 g/mol. The molecule has 1 aliphatic heterocycles. The second-order valence-corrected chi connectivity index (χ2v) is 11.3. The fourth-order valence-electron chi connectivity index (χ4n) is 4.88. The molecule has 2 N–H and O–H groups in total. The second-order valence-electron chi connectivity index (χ2n) is 9.35. The summed E-state index contributed by atoms with van der Waals surface area (Å²) in [6, 6.07) is 3.60. The van der Waals surface area contributed by atoms with Crippen LogP contribution in [-0.2, 0) is 21.1 Å². The Labute approximate surface area is 225 Å². The van der Waals surface area contributed by atoms with Gasteiger partial charge in [-0.25, -0.2) is 13.4 Å². The first kappa shape index (κ1) is 28.1. The number of nitrogens with one attached hydrogen (secondary N) is 2. The number of amides is 1. The van der Waals surface area contributed by atoms with Gasteiger partial charge in [-0.2, -0.15) is 14.9 Å². The Balaban J connectivity index is 1.87. The van der Waals surface area contributed by atoms with Crippen molar-refractivity contribution in [3.05, 3.63) is 44.5 Å². The summed E-state index contributed by atoms with van der Waals surface area (Å²) < 4.78 is 37.2. The van der Waals surface area contributed by atoms with Gasteiger partial charge in [0.05, 0.1) is 19.2 Å². The number of methoxy groups -OCH3 is 1. The number of H-pyrrole nitrogens is 1. The van der Waals surface area contributed by atoms with Gasteiger partial charge in [0.15, 0.2) is 20.5 Å². The van der Waals surface area contributed by atoms with E-state index >= 15 is 0 Å². The summed E-state index contributed by atoms with van der Waals surface area (Å²) in [5.74, 6) is 0.193. The number of fused-ring (bicyclic) bond motifs is 1. The standard InChI is InChI=1S/C25H31N7O6S/c1-6-31(16-7-9-38-10-8-16)25-15(3)20(29-21-17(12-26)24(30-32(21)25)39(5,35)36)23(34)27-13-18-19(37-4)11-14(2)28-22(18)33/h11,16H,6-10,13H2,1-5H3,(H,27,34)(H,28,33). The number of rotatable bonds is 8. The van der Waals surface area contributed by atoms with Crippen molar-refractivity contribution in [3.8, 4) is 11.8 Å². The van der Waals surface area contributed by atoms with E-state index in [1.807, 2.05) is 17.9 Å². The molecule has 208 valence electrons. The Kier molecular flexibility index (Phi) is 7.94. The average molecular weight is 558 g/mol. The topological polar surface area (TPSA) is 172 Å². The van der Waals surface area contributed by atoms with Crippen LogP contribution in [0.3, 0.4) is 0 Å². The molecule has 4 rings (SSSR count). The van der Waals surface area contributed by atoms with Crippen LogP contribution < -0.4 is 20.5 Å². The molecule has 0 radical (unpaired) electrons. The lowest BCUT2D eigenvalue weighted by Crippen LogP contribution is -2.41. The highest BCUT2D eigenvalue weighted by atomic mass is 32.2. The van der Waals surface area contributed by atoms with Crippen molar-refractivity contribution in [3.63, 3.8) is 0 Å². The zero-order chi connectivity index (χ0) is 28.5. The summed E-state index contributed by atoms with van der Waals surface area (Å²) >= 11 is 0. The fraction of sp³-hybridized carbons (Fsp3) is 0.480. The molecule has 0 aromatic carbocycles. The molecule has 1 saturated heterocycles. The third-order valence-corrected chi connectivity index (χ3v) is 7.72. The lowest BCUT2D eigenvalue weighted by Gasteiger charge is -2.36. The zero-order valence-electron chi connectivity index (χ0n) is 22.5. The monoisotopic (exact) mass is 557 g/mol. The Morgan fingerprint density at radius 1 is 1.36 bits per heavy atom. The van der Waals surface area contributed by atoms with Gasteiger partial charge in [0.25, 0.3) is 11.5 Å². The molecule has 4 heterocycles. The van der Waals surface area contributed by atoms with E-state index in [9.17, 15) is 23.3 Å². The van der Waals surface area contributed by atoms with Crippen LogP contribution in [0.1, 0.15) is 52.6 Å². The molecule has 3 aromatic heterocycles. The predicted molar refractivity (Wildman–Crippen MR) is 142 cm³/mol. The van der Waals surface area contributed by atoms with Gasteiger partial charge >= 0.3 is 0 Å². The van der Waals surface area contributed by atoms with Gasteiger partial charge < -0.3 is 24.7 Å². The minimum Gasteiger partial charge on any atom is -0.496 e. The first-order valence-electron chi connectivity index (χ1n) is 12.4. The molecule has 0 atom stereocenters. The number of anilines is 1. The lowest BCUT2D eigenvalue weighted by atomic mass is 10.1. The Morgan fingerprint density at radius 2 is 2.05 bits per heavy atom. The van der Waals surface area contributed by atoms with Crippen molar-refractivity contribution in [2.45, 2.75) is 51.2 Å². The normalized spacial score (nSPS) is 14.3. The largest absolute Gasteiger partial charge is 0.496 e. The first-order chi connectivity index (χ1) is 18.5. The smallest absolute Gasteiger partial charge is 0.270 e. The number of carbonyl (C=O) groups is 1. The molecule has 1 amide bonds. The number of aryl methyl sites for hydroxylation is 1. The number of nitriles is 1. The van der Waals surface area contributed by atoms with E-state index < -0.39 is 26.3 Å². The van der Waals surface area contributed by atoms with Crippen LogP contribution in [0.25, 0.3) is 5.65 Å². The summed E-state index contributed by atoms with van der Waals surface area (Å²) in [6.45, 7) is 6.87. The SMILES string of the molecule is CCN(c1c(C)c(C(=O)NCc2c(OC)cc(C)[nH]c2=O)nc2c(C#N)c(S(C)(=O)=O)nn12)C1CCOCC1. The Morgan fingerprint density at radius 3 is 2.64 bits per heavy atom. The van der Waals surface area contributed by atoms with E-state index in [-0.39, 0.29) is 35.1 Å². The first-order valence-corrected chi connectivity index (χ1v) is 14.3. The molecule has 14 heteroatoms. The van der Waals surface area contributed by atoms with E-state index in [2.05, 4.69) is 20.4 Å². The molecule has 0 saturated carbocycles. The minimum atomic E-state index is -3.88. The second kappa shape index (κ2) is 11.0. The molecular formula is C25H31N7O6S. The highest BCUT2D eigenvalue weighted by molar-refractivity contribution is 7.90. The number of pyridine rings is 1. The molecule has 3 aromatic rings. The van der Waals surface area contributed by atoms with Crippen molar-refractivity contribution >= 4 is 27.2 Å². The maximum Gasteiger partial charge on any atom is 0.270 e. The van der Waals surface area contributed by atoms with Crippen molar-refractivity contribution in [2.75, 3.05) is 38.0 Å². The number of carbonyl (C=O) groups excluding carboxylic acids is 1. The molecule has 0 aliphatic carbocycles. The zero-order valence-corrected chi connectivity index (χ0v) is 23.3. The van der Waals surface area contributed by atoms with Gasteiger partial charge in [-0.15, -0.1) is 0 Å². The number of hydrogen-bond acceptors (Lipinski definition) is 10. The van der Waals surface area contributed by atoms with Crippen molar-refractivity contribution in [2.24, 2.45) is 0 Å². The summed E-state index contributed by atoms with van der Waals surface area (Å²) in [6.07, 6.45) is 2.41. The van der Waals surface area contributed by atoms with Crippen LogP contribution in [0.15, 0.2) is 15.9 Å². The molecule has 39 heavy (non-hydrogen) atoms. The number of aromatic nitrogens is 4. The van der Waals surface area contributed by atoms with E-state index in [0.717, 1.165) is 19.1 Å². The number of sulfone groups is 1. The highest BCUT2D eigenvalue weighted by Gasteiger charge is 2.31. The maximum absolute atomic E-state index is 13.5. The Hall–Kier alpha value is -3.96. The average Bonchev–Trinajstić information content (AvgIpc) is 3.28. The van der Waals surface area contributed by atoms with Crippen LogP contribution in [0.5, 0.6) is 5.75 Å². The fourth-order valence-corrected chi connectivity index (χ4v) is 5.61. The van der Waals surface area contributed by atoms with Crippen LogP contribution >= 0.6 is 0 Å². The third kappa shape index (κ3) is 5.32. The molecule has 13 nitrogen and oxygen atoms in total. The third-order valence-electron chi connectivity index (χ3n) is 6.74. The van der Waals surface area contributed by atoms with E-state index in [1.54, 1.807) is 19.9 Å². The van der Waals surface area contributed by atoms with Gasteiger partial charge in [-0.05, 0) is 39.7 Å². The van der Waals surface area contributed by atoms with Gasteiger partial charge in [-0.3, -0.25) is 9.59 Å². The summed E-state index contributed by atoms with van der Waals surface area (Å²) in [4.78, 5) is 35.2. The van der Waals surface area contributed by atoms with Gasteiger partial charge in [-0.1, -0.05) is 0 Å². The predicted octanol–water partition coefficient (Wildman–Crippen LogP) is 1.25. The summed E-state index contributed by atoms with van der Waals surface area (Å²) in [7, 11) is -2.44. The molecule has 1 fully saturated rings. The minimum absolute atomic E-state index is 0.0121. The van der Waals surface area contributed by atoms with E-state index in [4.69, 9.17) is 9.47 Å². The summed E-state index contributed by atoms with van der Waals surface area (Å²) in [5, 5.41) is 16.5. The molecule has 0 spiro atoms. The van der Waals surface area contributed by atoms with Gasteiger partial charge in [0.2, 0.25) is 0 Å². The van der Waals surface area contributed by atoms with Crippen molar-refractivity contribution < 1.29 is 22.7 Å². The molecule has 0 unspecified atom stereocenters. The van der Waals surface area contributed by atoms with Crippen LogP contribution in [0.4, 0.5) is 5.82 Å². The van der Waals surface area contributed by atoms with Crippen molar-refractivity contribution in [1.29, 1.82) is 5.26 Å².